The highest BCUT2D eigenvalue weighted by molar-refractivity contribution is 6.12. The highest BCUT2D eigenvalue weighted by Gasteiger charge is 2.17. The lowest BCUT2D eigenvalue weighted by Crippen LogP contribution is -1.98. The van der Waals surface area contributed by atoms with Gasteiger partial charge < -0.3 is 18.3 Å². The predicted molar refractivity (Wildman–Crippen MR) is 296 cm³/mol. The van der Waals surface area contributed by atoms with Crippen LogP contribution in [0.4, 0.5) is 0 Å². The van der Waals surface area contributed by atoms with Gasteiger partial charge in [-0.2, -0.15) is 0 Å². The minimum Gasteiger partial charge on any atom is -0.309 e. The Kier molecular flexibility index (Phi) is 9.17. The van der Waals surface area contributed by atoms with Gasteiger partial charge >= 0.3 is 0 Å². The van der Waals surface area contributed by atoms with E-state index in [0.29, 0.717) is 0 Å². The van der Waals surface area contributed by atoms with Crippen molar-refractivity contribution in [3.63, 3.8) is 0 Å². The van der Waals surface area contributed by atoms with Gasteiger partial charge in [0.2, 0.25) is 0 Å². The molecule has 0 aliphatic heterocycles. The molecule has 0 aliphatic carbocycles. The van der Waals surface area contributed by atoms with Gasteiger partial charge in [0.15, 0.2) is 0 Å². The second-order valence-electron chi connectivity index (χ2n) is 18.1. The SMILES string of the molecule is c1cc(-n2c3ccccc3c3ccccc32)cc(-n2c3ccccc3c3ccccc32)c1.c1ccc2c(c1)c1ccccc1n2-c1ccc(-c2ccc(-n3c4ccccc4c4ccccc43)cc2)cc1. The normalized spacial score (nSPS) is 11.7. The number of fused-ring (bicyclic) bond motifs is 12. The Morgan fingerprint density at radius 2 is 0.357 bits per heavy atom. The number of nitrogens with zero attached hydrogens (tertiary/aromatic N) is 4. The van der Waals surface area contributed by atoms with Crippen LogP contribution >= 0.6 is 0 Å². The van der Waals surface area contributed by atoms with E-state index in [4.69, 9.17) is 0 Å². The molecule has 0 amide bonds. The van der Waals surface area contributed by atoms with Gasteiger partial charge in [0, 0.05) is 65.8 Å². The molecule has 0 fully saturated rings. The van der Waals surface area contributed by atoms with Crippen LogP contribution in [0.5, 0.6) is 0 Å². The summed E-state index contributed by atoms with van der Waals surface area (Å²) in [5, 5.41) is 10.3. The molecule has 0 atom stereocenters. The molecule has 4 heteroatoms. The second kappa shape index (κ2) is 16.2. The van der Waals surface area contributed by atoms with Crippen molar-refractivity contribution < 1.29 is 0 Å². The molecule has 4 nitrogen and oxygen atoms in total. The summed E-state index contributed by atoms with van der Waals surface area (Å²) in [6.07, 6.45) is 0. The topological polar surface area (TPSA) is 19.7 Å². The Hall–Kier alpha value is -9.38. The Morgan fingerprint density at radius 3 is 0.586 bits per heavy atom. The van der Waals surface area contributed by atoms with E-state index in [1.165, 1.54) is 121 Å². The lowest BCUT2D eigenvalue weighted by atomic mass is 10.0. The zero-order valence-electron chi connectivity index (χ0n) is 38.2. The van der Waals surface area contributed by atoms with E-state index in [-0.39, 0.29) is 0 Å². The maximum Gasteiger partial charge on any atom is 0.0541 e. The molecule has 0 radical (unpaired) electrons. The molecule has 4 aromatic heterocycles. The zero-order chi connectivity index (χ0) is 46.1. The van der Waals surface area contributed by atoms with E-state index in [1.807, 2.05) is 0 Å². The van der Waals surface area contributed by atoms with Crippen LogP contribution in [-0.4, -0.2) is 18.3 Å². The number of aromatic nitrogens is 4. The first-order valence-corrected chi connectivity index (χ1v) is 24.0. The van der Waals surface area contributed by atoms with Crippen molar-refractivity contribution in [3.8, 4) is 33.9 Å². The van der Waals surface area contributed by atoms with E-state index in [1.54, 1.807) is 0 Å². The molecule has 0 saturated heterocycles. The van der Waals surface area contributed by atoms with Gasteiger partial charge in [-0.25, -0.2) is 0 Å². The third kappa shape index (κ3) is 6.24. The molecule has 0 aliphatic rings. The van der Waals surface area contributed by atoms with Crippen molar-refractivity contribution in [2.75, 3.05) is 0 Å². The largest absolute Gasteiger partial charge is 0.309 e. The summed E-state index contributed by atoms with van der Waals surface area (Å²) >= 11 is 0. The van der Waals surface area contributed by atoms with Crippen molar-refractivity contribution in [1.82, 2.24) is 18.3 Å². The molecule has 0 saturated carbocycles. The number of hydrogen-bond acceptors (Lipinski definition) is 0. The minimum atomic E-state index is 1.17. The first-order chi connectivity index (χ1) is 34.8. The number of rotatable bonds is 5. The van der Waals surface area contributed by atoms with Crippen LogP contribution in [0.3, 0.4) is 0 Å². The predicted octanol–water partition coefficient (Wildman–Crippen LogP) is 17.4. The zero-order valence-corrected chi connectivity index (χ0v) is 38.2. The fourth-order valence-electron chi connectivity index (χ4n) is 11.2. The van der Waals surface area contributed by atoms with Crippen molar-refractivity contribution in [2.45, 2.75) is 0 Å². The minimum absolute atomic E-state index is 1.17. The standard InChI is InChI=1S/C36H24N2.C30H20N2/c1-5-13-33-29(9-1)30-10-2-6-14-34(30)37(33)27-21-17-25(18-22-27)26-19-23-28(24-20-26)38-35-15-7-3-11-31(35)32-12-4-8-16-36(32)38;1-5-16-27-23(12-1)24-13-2-6-17-28(24)31(27)21-10-9-11-22(20-21)32-29-18-7-3-14-25(29)26-15-4-8-19-30(26)32/h1-24H;1-20H. The summed E-state index contributed by atoms with van der Waals surface area (Å²) in [6.45, 7) is 0. The number of hydrogen-bond donors (Lipinski definition) is 0. The smallest absolute Gasteiger partial charge is 0.0541 e. The first-order valence-electron chi connectivity index (χ1n) is 24.0. The van der Waals surface area contributed by atoms with Crippen LogP contribution in [0.15, 0.2) is 267 Å². The Labute approximate surface area is 404 Å². The third-order valence-corrected chi connectivity index (χ3v) is 14.3. The number of benzene rings is 11. The van der Waals surface area contributed by atoms with Crippen LogP contribution in [0.1, 0.15) is 0 Å². The van der Waals surface area contributed by atoms with Crippen LogP contribution in [0, 0.1) is 0 Å². The lowest BCUT2D eigenvalue weighted by molar-refractivity contribution is 1.13. The average Bonchev–Trinajstić information content (AvgIpc) is 4.17. The van der Waals surface area contributed by atoms with E-state index in [2.05, 4.69) is 285 Å². The van der Waals surface area contributed by atoms with Crippen molar-refractivity contribution >= 4 is 87.2 Å². The third-order valence-electron chi connectivity index (χ3n) is 14.3. The Morgan fingerprint density at radius 1 is 0.157 bits per heavy atom. The highest BCUT2D eigenvalue weighted by atomic mass is 15.0. The molecule has 0 N–H and O–H groups in total. The van der Waals surface area contributed by atoms with Gasteiger partial charge in [-0.05, 0) is 102 Å². The average molecular weight is 893 g/mol. The molecule has 0 bridgehead atoms. The summed E-state index contributed by atoms with van der Waals surface area (Å²) in [7, 11) is 0. The van der Waals surface area contributed by atoms with Crippen molar-refractivity contribution in [2.24, 2.45) is 0 Å². The summed E-state index contributed by atoms with van der Waals surface area (Å²) in [5.74, 6) is 0. The maximum absolute atomic E-state index is 2.38. The molecule has 4 heterocycles. The first kappa shape index (κ1) is 39.8. The van der Waals surface area contributed by atoms with Gasteiger partial charge in [0.05, 0.1) is 44.1 Å². The van der Waals surface area contributed by atoms with Gasteiger partial charge in [0.25, 0.3) is 0 Å². The Bertz CT molecular complexity index is 3970. The van der Waals surface area contributed by atoms with Crippen LogP contribution < -0.4 is 0 Å². The van der Waals surface area contributed by atoms with E-state index in [0.717, 1.165) is 0 Å². The molecule has 0 spiro atoms. The molecule has 15 rings (SSSR count). The molecular formula is C66H44N4. The van der Waals surface area contributed by atoms with Crippen LogP contribution in [0.25, 0.3) is 121 Å². The fourth-order valence-corrected chi connectivity index (χ4v) is 11.2. The summed E-state index contributed by atoms with van der Waals surface area (Å²) < 4.78 is 9.48. The summed E-state index contributed by atoms with van der Waals surface area (Å²) in [6, 6.07) is 96.0. The number of para-hydroxylation sites is 8. The maximum atomic E-state index is 2.38. The summed E-state index contributed by atoms with van der Waals surface area (Å²) in [4.78, 5) is 0. The van der Waals surface area contributed by atoms with Gasteiger partial charge in [-0.15, -0.1) is 0 Å². The summed E-state index contributed by atoms with van der Waals surface area (Å²) in [5.41, 5.74) is 17.0. The molecule has 70 heavy (non-hydrogen) atoms. The van der Waals surface area contributed by atoms with E-state index >= 15 is 0 Å². The van der Waals surface area contributed by atoms with Crippen LogP contribution in [0.2, 0.25) is 0 Å². The Balaban J connectivity index is 0.000000133. The monoisotopic (exact) mass is 892 g/mol. The van der Waals surface area contributed by atoms with E-state index in [9.17, 15) is 0 Å². The van der Waals surface area contributed by atoms with Crippen LogP contribution in [-0.2, 0) is 0 Å². The highest BCUT2D eigenvalue weighted by Crippen LogP contribution is 2.37. The van der Waals surface area contributed by atoms with Crippen molar-refractivity contribution in [1.29, 1.82) is 0 Å². The molecule has 0 unspecified atom stereocenters. The van der Waals surface area contributed by atoms with Gasteiger partial charge in [0.1, 0.15) is 0 Å². The van der Waals surface area contributed by atoms with E-state index < -0.39 is 0 Å². The fraction of sp³-hybridized carbons (Fsp3) is 0. The lowest BCUT2D eigenvalue weighted by Gasteiger charge is -2.12. The van der Waals surface area contributed by atoms with Crippen molar-refractivity contribution in [3.05, 3.63) is 267 Å². The molecule has 328 valence electrons. The quantitative estimate of drug-likeness (QED) is 0.164. The van der Waals surface area contributed by atoms with Gasteiger partial charge in [-0.3, -0.25) is 0 Å². The molecular weight excluding hydrogens is 849 g/mol. The second-order valence-corrected chi connectivity index (χ2v) is 18.1. The molecule has 11 aromatic carbocycles. The van der Waals surface area contributed by atoms with Gasteiger partial charge in [-0.1, -0.05) is 176 Å². The molecule has 15 aromatic rings.